The van der Waals surface area contributed by atoms with E-state index in [-0.39, 0.29) is 16.2 Å². The van der Waals surface area contributed by atoms with E-state index in [4.69, 9.17) is 34.8 Å². The molecular formula is C19H16Cl3N3O5S. The smallest absolute Gasteiger partial charge is 0.269 e. The van der Waals surface area contributed by atoms with E-state index in [0.29, 0.717) is 15.6 Å². The van der Waals surface area contributed by atoms with E-state index < -0.39 is 38.3 Å². The number of benzene rings is 2. The van der Waals surface area contributed by atoms with Crippen LogP contribution in [0.1, 0.15) is 27.6 Å². The number of ketones is 1. The number of Topliss-reactive ketones (excluding diaryl/α,β-unsaturated/α-hetero) is 1. The molecule has 2 N–H and O–H groups in total. The van der Waals surface area contributed by atoms with Crippen LogP contribution in [0.3, 0.4) is 0 Å². The van der Waals surface area contributed by atoms with Gasteiger partial charge >= 0.3 is 0 Å². The number of nitrogens with one attached hydrogen (secondary N) is 2. The highest BCUT2D eigenvalue weighted by Gasteiger charge is 2.42. The molecule has 0 aromatic heterocycles. The Morgan fingerprint density at radius 1 is 1.10 bits per heavy atom. The molecule has 1 atom stereocenters. The van der Waals surface area contributed by atoms with E-state index in [1.54, 1.807) is 18.2 Å². The van der Waals surface area contributed by atoms with Crippen molar-refractivity contribution in [2.45, 2.75) is 21.8 Å². The van der Waals surface area contributed by atoms with Crippen LogP contribution in [-0.2, 0) is 14.8 Å². The predicted molar refractivity (Wildman–Crippen MR) is 117 cm³/mol. The third kappa shape index (κ3) is 4.95. The molecule has 12 heteroatoms. The molecule has 0 saturated carbocycles. The maximum absolute atomic E-state index is 12.6. The zero-order chi connectivity index (χ0) is 23.0. The van der Waals surface area contributed by atoms with Gasteiger partial charge in [0.15, 0.2) is 5.78 Å². The van der Waals surface area contributed by atoms with E-state index in [2.05, 4.69) is 10.6 Å². The highest BCUT2D eigenvalue weighted by molar-refractivity contribution is 7.90. The zero-order valence-electron chi connectivity index (χ0n) is 15.9. The van der Waals surface area contributed by atoms with Crippen LogP contribution in [0.15, 0.2) is 53.4 Å². The highest BCUT2D eigenvalue weighted by atomic mass is 35.6. The Morgan fingerprint density at radius 3 is 2.39 bits per heavy atom. The van der Waals surface area contributed by atoms with Crippen LogP contribution >= 0.6 is 34.8 Å². The summed E-state index contributed by atoms with van der Waals surface area (Å²) in [6.45, 7) is 0.584. The monoisotopic (exact) mass is 503 g/mol. The summed E-state index contributed by atoms with van der Waals surface area (Å²) >= 11 is 17.9. The summed E-state index contributed by atoms with van der Waals surface area (Å²) in [6.07, 6.45) is -1.30. The summed E-state index contributed by atoms with van der Waals surface area (Å²) in [5.41, 5.74) is 0.750. The average Bonchev–Trinajstić information content (AvgIpc) is 2.88. The van der Waals surface area contributed by atoms with Gasteiger partial charge in [0.05, 0.1) is 5.56 Å². The van der Waals surface area contributed by atoms with E-state index in [1.807, 2.05) is 0 Å². The van der Waals surface area contributed by atoms with Crippen molar-refractivity contribution in [3.63, 3.8) is 0 Å². The van der Waals surface area contributed by atoms with Crippen molar-refractivity contribution in [2.75, 3.05) is 11.9 Å². The van der Waals surface area contributed by atoms with Crippen LogP contribution in [-0.4, -0.2) is 46.8 Å². The number of carbonyl (C=O) groups is 3. The second-order valence-corrected chi connectivity index (χ2v) is 10.8. The van der Waals surface area contributed by atoms with E-state index in [0.717, 1.165) is 0 Å². The Hall–Kier alpha value is -2.33. The number of anilines is 1. The second kappa shape index (κ2) is 8.66. The molecular weight excluding hydrogens is 489 g/mol. The summed E-state index contributed by atoms with van der Waals surface area (Å²) in [6, 6.07) is 11.9. The van der Waals surface area contributed by atoms with Gasteiger partial charge in [0.1, 0.15) is 17.6 Å². The maximum atomic E-state index is 12.6. The number of fused-ring (bicyclic) bond motifs is 1. The van der Waals surface area contributed by atoms with Gasteiger partial charge in [-0.3, -0.25) is 14.4 Å². The van der Waals surface area contributed by atoms with Crippen LogP contribution in [0.25, 0.3) is 0 Å². The zero-order valence-corrected chi connectivity index (χ0v) is 19.0. The lowest BCUT2D eigenvalue weighted by molar-refractivity contribution is -0.121. The summed E-state index contributed by atoms with van der Waals surface area (Å²) in [5.74, 6) is -1.88. The van der Waals surface area contributed by atoms with Crippen LogP contribution < -0.4 is 10.6 Å². The Labute approximate surface area is 193 Å². The van der Waals surface area contributed by atoms with Crippen molar-refractivity contribution in [3.05, 3.63) is 59.7 Å². The van der Waals surface area contributed by atoms with Crippen molar-refractivity contribution in [2.24, 2.45) is 0 Å². The minimum Gasteiger partial charge on any atom is -0.362 e. The van der Waals surface area contributed by atoms with Crippen molar-refractivity contribution in [1.29, 1.82) is 0 Å². The number of carbonyl (C=O) groups excluding carboxylic acids is 3. The summed E-state index contributed by atoms with van der Waals surface area (Å²) < 4.78 is 23.6. The summed E-state index contributed by atoms with van der Waals surface area (Å²) in [7, 11) is -4.17. The molecule has 2 amide bonds. The fraction of sp³-hybridized carbons (Fsp3) is 0.211. The van der Waals surface area contributed by atoms with Gasteiger partial charge in [-0.2, -0.15) is 0 Å². The minimum absolute atomic E-state index is 0.0209. The first-order valence-electron chi connectivity index (χ1n) is 8.81. The predicted octanol–water partition coefficient (Wildman–Crippen LogP) is 2.96. The number of nitrogens with zero attached hydrogens (tertiary/aromatic N) is 1. The van der Waals surface area contributed by atoms with Gasteiger partial charge in [0.2, 0.25) is 9.70 Å². The molecule has 0 fully saturated rings. The maximum Gasteiger partial charge on any atom is 0.269 e. The standard InChI is InChI=1S/C19H16Cl3N3O5S/c1-11(26)12-5-4-6-13(9-12)23-18(19(20,21)22)24-16(27)10-25-17(28)14-7-2-3-8-15(14)31(25,29)30/h2-9,18,23H,10H2,1H3,(H,24,27)/t18-/m1/s1. The molecule has 164 valence electrons. The van der Waals surface area contributed by atoms with Crippen LogP contribution in [0.2, 0.25) is 0 Å². The van der Waals surface area contributed by atoms with Crippen molar-refractivity contribution >= 4 is 68.1 Å². The molecule has 0 aliphatic carbocycles. The molecule has 0 spiro atoms. The molecule has 2 aromatic carbocycles. The SMILES string of the molecule is CC(=O)c1cccc(N[C@H](NC(=O)CN2C(=O)c3ccccc3S2(=O)=O)C(Cl)(Cl)Cl)c1. The second-order valence-electron chi connectivity index (χ2n) is 6.64. The molecule has 3 rings (SSSR count). The van der Waals surface area contributed by atoms with Crippen molar-refractivity contribution < 1.29 is 22.8 Å². The molecule has 1 aliphatic heterocycles. The quantitative estimate of drug-likeness (QED) is 0.355. The Kier molecular flexibility index (Phi) is 6.52. The number of amides is 2. The number of hydrogen-bond acceptors (Lipinski definition) is 6. The molecule has 1 heterocycles. The molecule has 31 heavy (non-hydrogen) atoms. The molecule has 8 nitrogen and oxygen atoms in total. The Balaban J connectivity index is 1.77. The van der Waals surface area contributed by atoms with E-state index in [9.17, 15) is 22.8 Å². The minimum atomic E-state index is -4.17. The summed E-state index contributed by atoms with van der Waals surface area (Å²) in [4.78, 5) is 36.4. The molecule has 0 bridgehead atoms. The Morgan fingerprint density at radius 2 is 1.77 bits per heavy atom. The molecule has 2 aromatic rings. The molecule has 0 radical (unpaired) electrons. The summed E-state index contributed by atoms with van der Waals surface area (Å²) in [5, 5.41) is 5.16. The number of sulfonamides is 1. The number of halogens is 3. The number of alkyl halides is 3. The number of rotatable bonds is 6. The fourth-order valence-corrected chi connectivity index (χ4v) is 4.77. The van der Waals surface area contributed by atoms with Crippen molar-refractivity contribution in [3.8, 4) is 0 Å². The third-order valence-electron chi connectivity index (χ3n) is 4.41. The lowest BCUT2D eigenvalue weighted by Crippen LogP contribution is -2.52. The average molecular weight is 505 g/mol. The van der Waals surface area contributed by atoms with E-state index in [1.165, 1.54) is 37.3 Å². The fourth-order valence-electron chi connectivity index (χ4n) is 2.92. The van der Waals surface area contributed by atoms with Gasteiger partial charge in [0.25, 0.3) is 15.9 Å². The van der Waals surface area contributed by atoms with Gasteiger partial charge < -0.3 is 10.6 Å². The largest absolute Gasteiger partial charge is 0.362 e. The van der Waals surface area contributed by atoms with Gasteiger partial charge in [-0.25, -0.2) is 12.7 Å². The lowest BCUT2D eigenvalue weighted by atomic mass is 10.1. The van der Waals surface area contributed by atoms with Gasteiger partial charge in [-0.1, -0.05) is 59.1 Å². The van der Waals surface area contributed by atoms with Gasteiger partial charge in [0, 0.05) is 11.3 Å². The first kappa shape index (κ1) is 23.3. The van der Waals surface area contributed by atoms with Gasteiger partial charge in [-0.15, -0.1) is 0 Å². The van der Waals surface area contributed by atoms with E-state index >= 15 is 0 Å². The first-order chi connectivity index (χ1) is 14.4. The third-order valence-corrected chi connectivity index (χ3v) is 6.85. The lowest BCUT2D eigenvalue weighted by Gasteiger charge is -2.28. The van der Waals surface area contributed by atoms with Crippen LogP contribution in [0.5, 0.6) is 0 Å². The van der Waals surface area contributed by atoms with Gasteiger partial charge in [-0.05, 0) is 31.2 Å². The number of hydrogen-bond donors (Lipinski definition) is 2. The molecule has 1 aliphatic rings. The molecule has 0 saturated heterocycles. The van der Waals surface area contributed by atoms with Crippen LogP contribution in [0.4, 0.5) is 5.69 Å². The molecule has 0 unspecified atom stereocenters. The van der Waals surface area contributed by atoms with Crippen molar-refractivity contribution in [1.82, 2.24) is 9.62 Å². The topological polar surface area (TPSA) is 113 Å². The Bertz CT molecular complexity index is 1160. The highest BCUT2D eigenvalue weighted by Crippen LogP contribution is 2.32. The normalized spacial score (nSPS) is 15.9. The first-order valence-corrected chi connectivity index (χ1v) is 11.4. The van der Waals surface area contributed by atoms with Crippen LogP contribution in [0, 0.1) is 0 Å².